The van der Waals surface area contributed by atoms with Crippen molar-refractivity contribution in [3.05, 3.63) is 63.6 Å². The van der Waals surface area contributed by atoms with Crippen LogP contribution >= 0.6 is 15.9 Å². The van der Waals surface area contributed by atoms with Crippen LogP contribution in [0.25, 0.3) is 0 Å². The van der Waals surface area contributed by atoms with Gasteiger partial charge in [-0.15, -0.1) is 0 Å². The highest BCUT2D eigenvalue weighted by molar-refractivity contribution is 9.10. The summed E-state index contributed by atoms with van der Waals surface area (Å²) in [4.78, 5) is 0. The van der Waals surface area contributed by atoms with E-state index in [9.17, 15) is 5.11 Å². The average Bonchev–Trinajstić information content (AvgIpc) is 2.49. The monoisotopic (exact) mass is 348 g/mol. The van der Waals surface area contributed by atoms with E-state index < -0.39 is 6.10 Å². The third-order valence-electron chi connectivity index (χ3n) is 3.74. The van der Waals surface area contributed by atoms with Crippen LogP contribution in [0.4, 0.5) is 0 Å². The van der Waals surface area contributed by atoms with Gasteiger partial charge in [-0.1, -0.05) is 40.2 Å². The molecular formula is C17H17BrO3. The normalized spacial score (nSPS) is 20.7. The second-order valence-corrected chi connectivity index (χ2v) is 6.09. The van der Waals surface area contributed by atoms with E-state index >= 15 is 0 Å². The molecule has 0 aliphatic carbocycles. The second kappa shape index (κ2) is 6.18. The number of aliphatic hydroxyl groups is 1. The first-order valence-corrected chi connectivity index (χ1v) is 7.69. The third kappa shape index (κ3) is 2.98. The molecule has 1 aliphatic rings. The Morgan fingerprint density at radius 3 is 2.86 bits per heavy atom. The molecule has 1 N–H and O–H groups in total. The highest BCUT2D eigenvalue weighted by Crippen LogP contribution is 2.42. The van der Waals surface area contributed by atoms with Crippen LogP contribution in [0.3, 0.4) is 0 Å². The molecule has 0 amide bonds. The first-order chi connectivity index (χ1) is 10.2. The molecule has 3 rings (SSSR count). The molecular weight excluding hydrogens is 332 g/mol. The molecule has 2 atom stereocenters. The molecule has 0 saturated carbocycles. The smallest absolute Gasteiger partial charge is 0.127 e. The maximum atomic E-state index is 10.4. The van der Waals surface area contributed by atoms with Crippen molar-refractivity contribution >= 4 is 15.9 Å². The molecule has 0 spiro atoms. The van der Waals surface area contributed by atoms with Crippen LogP contribution in [0, 0.1) is 0 Å². The number of benzene rings is 2. The van der Waals surface area contributed by atoms with Crippen LogP contribution in [-0.4, -0.2) is 12.2 Å². The van der Waals surface area contributed by atoms with Crippen molar-refractivity contribution in [2.75, 3.05) is 7.11 Å². The minimum Gasteiger partial charge on any atom is -0.485 e. The molecule has 3 nitrogen and oxygen atoms in total. The molecule has 1 aliphatic heterocycles. The number of hydrogen-bond donors (Lipinski definition) is 1. The number of halogens is 1. The molecule has 0 radical (unpaired) electrons. The molecule has 0 aromatic heterocycles. The number of hydrogen-bond acceptors (Lipinski definition) is 3. The molecule has 110 valence electrons. The average molecular weight is 349 g/mol. The van der Waals surface area contributed by atoms with Crippen LogP contribution < -0.4 is 4.74 Å². The quantitative estimate of drug-likeness (QED) is 0.905. The van der Waals surface area contributed by atoms with Gasteiger partial charge in [-0.05, 0) is 29.3 Å². The number of aliphatic hydroxyl groups excluding tert-OH is 1. The number of fused-ring (bicyclic) bond motifs is 1. The molecule has 2 aromatic carbocycles. The Balaban J connectivity index is 1.94. The van der Waals surface area contributed by atoms with Gasteiger partial charge >= 0.3 is 0 Å². The molecule has 1 unspecified atom stereocenters. The van der Waals surface area contributed by atoms with Crippen molar-refractivity contribution in [1.29, 1.82) is 0 Å². The summed E-state index contributed by atoms with van der Waals surface area (Å²) in [5.74, 6) is 0.745. The zero-order chi connectivity index (χ0) is 14.8. The van der Waals surface area contributed by atoms with Gasteiger partial charge in [0, 0.05) is 23.6 Å². The van der Waals surface area contributed by atoms with Gasteiger partial charge in [-0.2, -0.15) is 0 Å². The summed E-state index contributed by atoms with van der Waals surface area (Å²) in [7, 11) is 1.68. The van der Waals surface area contributed by atoms with E-state index in [0.29, 0.717) is 13.0 Å². The predicted octanol–water partition coefficient (Wildman–Crippen LogP) is 4.15. The van der Waals surface area contributed by atoms with Gasteiger partial charge in [0.15, 0.2) is 0 Å². The van der Waals surface area contributed by atoms with E-state index in [2.05, 4.69) is 15.9 Å². The Morgan fingerprint density at radius 2 is 2.05 bits per heavy atom. The fourth-order valence-electron chi connectivity index (χ4n) is 2.74. The highest BCUT2D eigenvalue weighted by Gasteiger charge is 2.29. The van der Waals surface area contributed by atoms with Gasteiger partial charge in [0.25, 0.3) is 0 Å². The lowest BCUT2D eigenvalue weighted by atomic mass is 9.92. The summed E-state index contributed by atoms with van der Waals surface area (Å²) in [6.07, 6.45) is -0.128. The number of methoxy groups -OCH3 is 1. The van der Waals surface area contributed by atoms with Crippen molar-refractivity contribution in [1.82, 2.24) is 0 Å². The summed E-state index contributed by atoms with van der Waals surface area (Å²) in [6, 6.07) is 13.8. The molecule has 0 fully saturated rings. The zero-order valence-corrected chi connectivity index (χ0v) is 13.3. The second-order valence-electron chi connectivity index (χ2n) is 5.17. The first-order valence-electron chi connectivity index (χ1n) is 6.90. The van der Waals surface area contributed by atoms with Crippen molar-refractivity contribution in [2.45, 2.75) is 25.2 Å². The Hall–Kier alpha value is -1.36. The van der Waals surface area contributed by atoms with Gasteiger partial charge in [0.05, 0.1) is 12.7 Å². The van der Waals surface area contributed by atoms with Crippen LogP contribution in [0.5, 0.6) is 5.75 Å². The molecule has 4 heteroatoms. The summed E-state index contributed by atoms with van der Waals surface area (Å²) in [6.45, 7) is 0.541. The van der Waals surface area contributed by atoms with Crippen LogP contribution in [0.2, 0.25) is 0 Å². The standard InChI is InChI=1S/C17H17BrO3/c1-20-10-11-4-2-3-5-13(11)17-9-15(19)14-8-12(18)6-7-16(14)21-17/h2-8,15,17,19H,9-10H2,1H3/t15-,17?/m1/s1. The van der Waals surface area contributed by atoms with E-state index in [-0.39, 0.29) is 6.10 Å². The molecule has 0 saturated heterocycles. The maximum Gasteiger partial charge on any atom is 0.127 e. The zero-order valence-electron chi connectivity index (χ0n) is 11.8. The van der Waals surface area contributed by atoms with Crippen molar-refractivity contribution in [3.63, 3.8) is 0 Å². The van der Waals surface area contributed by atoms with Crippen molar-refractivity contribution < 1.29 is 14.6 Å². The summed E-state index contributed by atoms with van der Waals surface area (Å²) in [5.41, 5.74) is 3.01. The topological polar surface area (TPSA) is 38.7 Å². The highest BCUT2D eigenvalue weighted by atomic mass is 79.9. The van der Waals surface area contributed by atoms with Crippen LogP contribution in [-0.2, 0) is 11.3 Å². The van der Waals surface area contributed by atoms with Gasteiger partial charge in [-0.3, -0.25) is 0 Å². The van der Waals surface area contributed by atoms with Crippen LogP contribution in [0.15, 0.2) is 46.9 Å². The lowest BCUT2D eigenvalue weighted by Crippen LogP contribution is -2.20. The van der Waals surface area contributed by atoms with E-state index in [4.69, 9.17) is 9.47 Å². The largest absolute Gasteiger partial charge is 0.485 e. The van der Waals surface area contributed by atoms with E-state index in [1.165, 1.54) is 0 Å². The van der Waals surface area contributed by atoms with Crippen LogP contribution in [0.1, 0.15) is 35.3 Å². The maximum absolute atomic E-state index is 10.4. The summed E-state index contributed by atoms with van der Waals surface area (Å²) in [5, 5.41) is 10.4. The number of rotatable bonds is 3. The SMILES string of the molecule is COCc1ccccc1C1C[C@@H](O)c2cc(Br)ccc2O1. The van der Waals surface area contributed by atoms with Crippen molar-refractivity contribution in [2.24, 2.45) is 0 Å². The van der Waals surface area contributed by atoms with Gasteiger partial charge in [0.1, 0.15) is 11.9 Å². The lowest BCUT2D eigenvalue weighted by molar-refractivity contribution is 0.0641. The third-order valence-corrected chi connectivity index (χ3v) is 4.23. The Kier molecular flexibility index (Phi) is 4.29. The Bertz CT molecular complexity index is 642. The summed E-state index contributed by atoms with van der Waals surface area (Å²) >= 11 is 3.43. The van der Waals surface area contributed by atoms with Gasteiger partial charge < -0.3 is 14.6 Å². The molecule has 1 heterocycles. The van der Waals surface area contributed by atoms with E-state index in [0.717, 1.165) is 26.9 Å². The molecule has 21 heavy (non-hydrogen) atoms. The predicted molar refractivity (Wildman–Crippen MR) is 84.2 cm³/mol. The van der Waals surface area contributed by atoms with Gasteiger partial charge in [-0.25, -0.2) is 0 Å². The Morgan fingerprint density at radius 1 is 1.24 bits per heavy atom. The summed E-state index contributed by atoms with van der Waals surface area (Å²) < 4.78 is 12.3. The van der Waals surface area contributed by atoms with Crippen molar-refractivity contribution in [3.8, 4) is 5.75 Å². The lowest BCUT2D eigenvalue weighted by Gasteiger charge is -2.31. The Labute approximate surface area is 132 Å². The van der Waals surface area contributed by atoms with Gasteiger partial charge in [0.2, 0.25) is 0 Å². The van der Waals surface area contributed by atoms with E-state index in [1.807, 2.05) is 42.5 Å². The molecule has 2 aromatic rings. The molecule has 0 bridgehead atoms. The fraction of sp³-hybridized carbons (Fsp3) is 0.294. The fourth-order valence-corrected chi connectivity index (χ4v) is 3.12. The minimum atomic E-state index is -0.521. The number of ether oxygens (including phenoxy) is 2. The first kappa shape index (κ1) is 14.6. The van der Waals surface area contributed by atoms with E-state index in [1.54, 1.807) is 7.11 Å². The minimum absolute atomic E-state index is 0.153.